The SMILES string of the molecule is O=S(=O)(NC1CCC(NS(=O)(=O)c2ccccc2Cl)CC1)c1ccccc1Cl. The molecule has 6 nitrogen and oxygen atoms in total. The van der Waals surface area contributed by atoms with Crippen molar-refractivity contribution in [1.29, 1.82) is 0 Å². The van der Waals surface area contributed by atoms with Crippen LogP contribution in [0, 0.1) is 0 Å². The van der Waals surface area contributed by atoms with Gasteiger partial charge in [-0.2, -0.15) is 0 Å². The summed E-state index contributed by atoms with van der Waals surface area (Å²) < 4.78 is 55.5. The van der Waals surface area contributed by atoms with Crippen molar-refractivity contribution in [3.8, 4) is 0 Å². The minimum Gasteiger partial charge on any atom is -0.208 e. The number of benzene rings is 2. The van der Waals surface area contributed by atoms with Gasteiger partial charge in [-0.1, -0.05) is 47.5 Å². The van der Waals surface area contributed by atoms with Gasteiger partial charge in [0.05, 0.1) is 10.0 Å². The van der Waals surface area contributed by atoms with Gasteiger partial charge in [-0.3, -0.25) is 0 Å². The molecule has 0 heterocycles. The van der Waals surface area contributed by atoms with E-state index < -0.39 is 20.0 Å². The molecule has 152 valence electrons. The molecule has 0 aromatic heterocycles. The van der Waals surface area contributed by atoms with Crippen LogP contribution in [0.15, 0.2) is 58.3 Å². The van der Waals surface area contributed by atoms with E-state index in [2.05, 4.69) is 9.44 Å². The van der Waals surface area contributed by atoms with Crippen LogP contribution in [0.5, 0.6) is 0 Å². The van der Waals surface area contributed by atoms with Crippen molar-refractivity contribution in [2.75, 3.05) is 0 Å². The quantitative estimate of drug-likeness (QED) is 0.685. The summed E-state index contributed by atoms with van der Waals surface area (Å²) in [5, 5.41) is 0.326. The van der Waals surface area contributed by atoms with E-state index in [1.54, 1.807) is 24.3 Å². The van der Waals surface area contributed by atoms with Gasteiger partial charge in [0.25, 0.3) is 0 Å². The van der Waals surface area contributed by atoms with E-state index in [0.717, 1.165) is 0 Å². The Kier molecular flexibility index (Phi) is 6.69. The molecule has 0 amide bonds. The lowest BCUT2D eigenvalue weighted by Gasteiger charge is -2.29. The first-order valence-corrected chi connectivity index (χ1v) is 12.4. The fraction of sp³-hybridized carbons (Fsp3) is 0.333. The molecule has 0 saturated heterocycles. The fourth-order valence-corrected chi connectivity index (χ4v) is 6.87. The summed E-state index contributed by atoms with van der Waals surface area (Å²) in [5.74, 6) is 0. The number of halogens is 2. The number of hydrogen-bond acceptors (Lipinski definition) is 4. The smallest absolute Gasteiger partial charge is 0.208 e. The van der Waals surface area contributed by atoms with Crippen LogP contribution in [0.3, 0.4) is 0 Å². The van der Waals surface area contributed by atoms with Crippen LogP contribution in [-0.2, 0) is 20.0 Å². The van der Waals surface area contributed by atoms with Crippen molar-refractivity contribution in [3.05, 3.63) is 58.6 Å². The monoisotopic (exact) mass is 462 g/mol. The lowest BCUT2D eigenvalue weighted by atomic mass is 9.92. The normalized spacial score (nSPS) is 20.8. The first-order valence-electron chi connectivity index (χ1n) is 8.73. The summed E-state index contributed by atoms with van der Waals surface area (Å²) >= 11 is 12.0. The molecule has 1 fully saturated rings. The molecule has 0 bridgehead atoms. The van der Waals surface area contributed by atoms with E-state index in [9.17, 15) is 16.8 Å². The van der Waals surface area contributed by atoms with E-state index in [1.165, 1.54) is 24.3 Å². The van der Waals surface area contributed by atoms with Crippen LogP contribution in [0.1, 0.15) is 25.7 Å². The first kappa shape index (κ1) is 21.5. The Morgan fingerprint density at radius 3 is 1.29 bits per heavy atom. The van der Waals surface area contributed by atoms with Crippen molar-refractivity contribution >= 4 is 43.2 Å². The molecule has 2 aromatic carbocycles. The highest BCUT2D eigenvalue weighted by Gasteiger charge is 2.29. The average Bonchev–Trinajstić information content (AvgIpc) is 2.63. The summed E-state index contributed by atoms with van der Waals surface area (Å²) in [6, 6.07) is 12.0. The third-order valence-electron chi connectivity index (χ3n) is 4.62. The minimum absolute atomic E-state index is 0.0400. The molecule has 1 aliphatic carbocycles. The molecule has 0 unspecified atom stereocenters. The molecule has 0 aliphatic heterocycles. The molecule has 2 N–H and O–H groups in total. The minimum atomic E-state index is -3.73. The van der Waals surface area contributed by atoms with Gasteiger partial charge in [0.1, 0.15) is 9.79 Å². The molecule has 10 heteroatoms. The van der Waals surface area contributed by atoms with Crippen molar-refractivity contribution in [2.45, 2.75) is 47.6 Å². The summed E-state index contributed by atoms with van der Waals surface area (Å²) in [6.45, 7) is 0. The molecule has 28 heavy (non-hydrogen) atoms. The second-order valence-electron chi connectivity index (χ2n) is 6.65. The third-order valence-corrected chi connectivity index (χ3v) is 8.66. The maximum Gasteiger partial charge on any atom is 0.242 e. The Morgan fingerprint density at radius 1 is 0.643 bits per heavy atom. The Morgan fingerprint density at radius 2 is 0.964 bits per heavy atom. The molecule has 0 radical (unpaired) electrons. The maximum atomic E-state index is 12.5. The zero-order chi connectivity index (χ0) is 20.4. The van der Waals surface area contributed by atoms with Crippen LogP contribution in [-0.4, -0.2) is 28.9 Å². The summed E-state index contributed by atoms with van der Waals surface area (Å²) in [4.78, 5) is 0.0800. The van der Waals surface area contributed by atoms with Gasteiger partial charge in [0, 0.05) is 12.1 Å². The topological polar surface area (TPSA) is 92.3 Å². The standard InChI is InChI=1S/C18H20Cl2N2O4S2/c19-15-5-1-3-7-17(15)27(23,24)21-13-9-11-14(12-10-13)22-28(25,26)18-8-4-2-6-16(18)20/h1-8,13-14,21-22H,9-12H2. The summed E-state index contributed by atoms with van der Waals surface area (Å²) in [5.41, 5.74) is 0. The predicted molar refractivity (Wildman–Crippen MR) is 110 cm³/mol. The van der Waals surface area contributed by atoms with Crippen molar-refractivity contribution in [1.82, 2.24) is 9.44 Å². The molecule has 1 aliphatic rings. The zero-order valence-corrected chi connectivity index (χ0v) is 18.0. The van der Waals surface area contributed by atoms with Crippen molar-refractivity contribution in [3.63, 3.8) is 0 Å². The van der Waals surface area contributed by atoms with Gasteiger partial charge in [0.2, 0.25) is 20.0 Å². The van der Waals surface area contributed by atoms with Gasteiger partial charge in [-0.25, -0.2) is 26.3 Å². The third kappa shape index (κ3) is 5.06. The highest BCUT2D eigenvalue weighted by molar-refractivity contribution is 7.90. The fourth-order valence-electron chi connectivity index (χ4n) is 3.22. The van der Waals surface area contributed by atoms with Crippen LogP contribution in [0.25, 0.3) is 0 Å². The summed E-state index contributed by atoms with van der Waals surface area (Å²) in [6.07, 6.45) is 2.05. The van der Waals surface area contributed by atoms with Crippen molar-refractivity contribution < 1.29 is 16.8 Å². The van der Waals surface area contributed by atoms with Gasteiger partial charge in [-0.15, -0.1) is 0 Å². The van der Waals surface area contributed by atoms with Gasteiger partial charge in [-0.05, 0) is 49.9 Å². The molecular weight excluding hydrogens is 443 g/mol. The van der Waals surface area contributed by atoms with E-state index in [-0.39, 0.29) is 31.9 Å². The zero-order valence-electron chi connectivity index (χ0n) is 14.8. The van der Waals surface area contributed by atoms with Gasteiger partial charge in [0.15, 0.2) is 0 Å². The van der Waals surface area contributed by atoms with Crippen molar-refractivity contribution in [2.24, 2.45) is 0 Å². The Labute approximate surface area is 175 Å². The maximum absolute atomic E-state index is 12.5. The van der Waals surface area contributed by atoms with E-state index >= 15 is 0 Å². The number of hydrogen-bond donors (Lipinski definition) is 2. The lowest BCUT2D eigenvalue weighted by Crippen LogP contribution is -2.43. The average molecular weight is 463 g/mol. The molecule has 1 saturated carbocycles. The number of sulfonamides is 2. The van der Waals surface area contributed by atoms with Gasteiger partial charge < -0.3 is 0 Å². The highest BCUT2D eigenvalue weighted by atomic mass is 35.5. The highest BCUT2D eigenvalue weighted by Crippen LogP contribution is 2.26. The second-order valence-corrected chi connectivity index (χ2v) is 10.8. The van der Waals surface area contributed by atoms with E-state index in [1.807, 2.05) is 0 Å². The molecule has 2 aromatic rings. The first-order chi connectivity index (χ1) is 13.2. The van der Waals surface area contributed by atoms with Crippen LogP contribution < -0.4 is 9.44 Å². The van der Waals surface area contributed by atoms with Crippen LogP contribution in [0.4, 0.5) is 0 Å². The molecule has 3 rings (SSSR count). The predicted octanol–water partition coefficient (Wildman–Crippen LogP) is 3.56. The van der Waals surface area contributed by atoms with E-state index in [4.69, 9.17) is 23.2 Å². The number of nitrogens with one attached hydrogen (secondary N) is 2. The lowest BCUT2D eigenvalue weighted by molar-refractivity contribution is 0.356. The second kappa shape index (κ2) is 8.69. The Bertz CT molecular complexity index is 965. The van der Waals surface area contributed by atoms with Crippen LogP contribution >= 0.6 is 23.2 Å². The molecule has 0 atom stereocenters. The Balaban J connectivity index is 1.61. The van der Waals surface area contributed by atoms with Gasteiger partial charge >= 0.3 is 0 Å². The summed E-state index contributed by atoms with van der Waals surface area (Å²) in [7, 11) is -7.46. The molecule has 0 spiro atoms. The van der Waals surface area contributed by atoms with Crippen LogP contribution in [0.2, 0.25) is 10.0 Å². The largest absolute Gasteiger partial charge is 0.242 e. The number of rotatable bonds is 6. The van der Waals surface area contributed by atoms with E-state index in [0.29, 0.717) is 25.7 Å². The Hall–Kier alpha value is -1.16. The molecular formula is C18H20Cl2N2O4S2.